The molecule has 0 atom stereocenters. The third-order valence-corrected chi connectivity index (χ3v) is 5.18. The van der Waals surface area contributed by atoms with Gasteiger partial charge in [-0.25, -0.2) is 15.0 Å². The van der Waals surface area contributed by atoms with Gasteiger partial charge in [0.15, 0.2) is 0 Å². The van der Waals surface area contributed by atoms with E-state index in [0.29, 0.717) is 5.56 Å². The van der Waals surface area contributed by atoms with Crippen molar-refractivity contribution in [1.82, 2.24) is 15.0 Å². The molecular weight excluding hydrogens is 320 g/mol. The molecule has 0 N–H and O–H groups in total. The van der Waals surface area contributed by atoms with Crippen LogP contribution in [0, 0.1) is 18.3 Å². The number of hydrogen-bond acceptors (Lipinski definition) is 7. The van der Waals surface area contributed by atoms with Crippen molar-refractivity contribution in [2.45, 2.75) is 6.92 Å². The predicted molar refractivity (Wildman–Crippen MR) is 95.5 cm³/mol. The molecule has 4 rings (SSSR count). The fourth-order valence-corrected chi connectivity index (χ4v) is 3.92. The molecule has 1 aliphatic heterocycles. The van der Waals surface area contributed by atoms with Gasteiger partial charge in [0.05, 0.1) is 10.9 Å². The normalized spacial score (nSPS) is 14.8. The lowest BCUT2D eigenvalue weighted by atomic mass is 10.2. The van der Waals surface area contributed by atoms with E-state index in [9.17, 15) is 5.26 Å². The molecule has 4 heterocycles. The number of thiophene rings is 1. The van der Waals surface area contributed by atoms with Crippen molar-refractivity contribution >= 4 is 33.2 Å². The second kappa shape index (κ2) is 6.06. The maximum absolute atomic E-state index is 9.26. The number of pyridine rings is 1. The molecule has 0 unspecified atom stereocenters. The number of rotatable bonds is 2. The molecular formula is C17H16N6S. The summed E-state index contributed by atoms with van der Waals surface area (Å²) in [6.45, 7) is 5.43. The minimum absolute atomic E-state index is 0.629. The Morgan fingerprint density at radius 3 is 2.58 bits per heavy atom. The van der Waals surface area contributed by atoms with Gasteiger partial charge in [0.1, 0.15) is 28.9 Å². The summed E-state index contributed by atoms with van der Waals surface area (Å²) in [6.07, 6.45) is 3.39. The highest BCUT2D eigenvalue weighted by molar-refractivity contribution is 7.18. The van der Waals surface area contributed by atoms with Gasteiger partial charge in [-0.05, 0) is 25.1 Å². The zero-order chi connectivity index (χ0) is 16.5. The Labute approximate surface area is 144 Å². The van der Waals surface area contributed by atoms with Gasteiger partial charge in [0.25, 0.3) is 0 Å². The van der Waals surface area contributed by atoms with Gasteiger partial charge in [0, 0.05) is 37.3 Å². The zero-order valence-electron chi connectivity index (χ0n) is 13.3. The summed E-state index contributed by atoms with van der Waals surface area (Å²) < 4.78 is 0. The number of aromatic nitrogens is 3. The maximum Gasteiger partial charge on any atom is 0.146 e. The van der Waals surface area contributed by atoms with Crippen LogP contribution in [0.3, 0.4) is 0 Å². The largest absolute Gasteiger partial charge is 0.352 e. The number of piperazine rings is 1. The fraction of sp³-hybridized carbons (Fsp3) is 0.294. The molecule has 1 fully saturated rings. The molecule has 24 heavy (non-hydrogen) atoms. The van der Waals surface area contributed by atoms with Crippen molar-refractivity contribution in [3.05, 3.63) is 41.2 Å². The van der Waals surface area contributed by atoms with E-state index in [1.807, 2.05) is 6.07 Å². The van der Waals surface area contributed by atoms with Crippen LogP contribution in [0.15, 0.2) is 30.7 Å². The van der Waals surface area contributed by atoms with Crippen molar-refractivity contribution in [2.24, 2.45) is 0 Å². The highest BCUT2D eigenvalue weighted by Gasteiger charge is 2.22. The Hall–Kier alpha value is -2.72. The number of nitrogens with zero attached hydrogens (tertiary/aromatic N) is 6. The van der Waals surface area contributed by atoms with Crippen molar-refractivity contribution in [1.29, 1.82) is 5.26 Å². The van der Waals surface area contributed by atoms with Gasteiger partial charge >= 0.3 is 0 Å². The summed E-state index contributed by atoms with van der Waals surface area (Å²) in [5, 5.41) is 10.4. The number of nitriles is 1. The number of fused-ring (bicyclic) bond motifs is 1. The maximum atomic E-state index is 9.26. The van der Waals surface area contributed by atoms with Crippen LogP contribution in [-0.2, 0) is 0 Å². The quantitative estimate of drug-likeness (QED) is 0.716. The van der Waals surface area contributed by atoms with Crippen LogP contribution in [0.2, 0.25) is 0 Å². The molecule has 120 valence electrons. The van der Waals surface area contributed by atoms with E-state index in [1.165, 1.54) is 4.88 Å². The standard InChI is InChI=1S/C17H16N6S/c1-12-9-14-16(20-11-21-17(14)24-12)23-7-5-22(6-8-23)15-13(10-18)3-2-4-19-15/h2-4,9,11H,5-8H2,1H3. The Bertz CT molecular complexity index is 920. The third kappa shape index (κ3) is 2.55. The van der Waals surface area contributed by atoms with Gasteiger partial charge in [-0.15, -0.1) is 11.3 Å². The molecule has 1 aliphatic rings. The van der Waals surface area contributed by atoms with Gasteiger partial charge < -0.3 is 9.80 Å². The zero-order valence-corrected chi connectivity index (χ0v) is 14.1. The molecule has 0 radical (unpaired) electrons. The van der Waals surface area contributed by atoms with Gasteiger partial charge in [-0.3, -0.25) is 0 Å². The second-order valence-electron chi connectivity index (χ2n) is 5.73. The van der Waals surface area contributed by atoms with E-state index in [2.05, 4.69) is 43.8 Å². The third-order valence-electron chi connectivity index (χ3n) is 4.22. The van der Waals surface area contributed by atoms with Gasteiger partial charge in [-0.2, -0.15) is 5.26 Å². The summed E-state index contributed by atoms with van der Waals surface area (Å²) in [7, 11) is 0. The van der Waals surface area contributed by atoms with Gasteiger partial charge in [0.2, 0.25) is 0 Å². The summed E-state index contributed by atoms with van der Waals surface area (Å²) in [4.78, 5) is 20.0. The molecule has 0 bridgehead atoms. The Morgan fingerprint density at radius 2 is 1.83 bits per heavy atom. The first-order valence-electron chi connectivity index (χ1n) is 7.82. The topological polar surface area (TPSA) is 68.9 Å². The highest BCUT2D eigenvalue weighted by atomic mass is 32.1. The van der Waals surface area contributed by atoms with Crippen molar-refractivity contribution in [3.8, 4) is 6.07 Å². The second-order valence-corrected chi connectivity index (χ2v) is 6.97. The van der Waals surface area contributed by atoms with Crippen LogP contribution in [0.5, 0.6) is 0 Å². The number of hydrogen-bond donors (Lipinski definition) is 0. The number of anilines is 2. The molecule has 3 aromatic rings. The number of aryl methyl sites for hydroxylation is 1. The SMILES string of the molecule is Cc1cc2c(N3CCN(c4ncccc4C#N)CC3)ncnc2s1. The Morgan fingerprint density at radius 1 is 1.08 bits per heavy atom. The summed E-state index contributed by atoms with van der Waals surface area (Å²) in [5.74, 6) is 1.78. The van der Waals surface area contributed by atoms with E-state index in [4.69, 9.17) is 0 Å². The monoisotopic (exact) mass is 336 g/mol. The van der Waals surface area contributed by atoms with Gasteiger partial charge in [-0.1, -0.05) is 0 Å². The molecule has 0 saturated carbocycles. The molecule has 0 aliphatic carbocycles. The molecule has 1 saturated heterocycles. The first kappa shape index (κ1) is 14.8. The Balaban J connectivity index is 1.57. The molecule has 3 aromatic heterocycles. The molecule has 0 aromatic carbocycles. The first-order chi connectivity index (χ1) is 11.8. The summed E-state index contributed by atoms with van der Waals surface area (Å²) >= 11 is 1.70. The van der Waals surface area contributed by atoms with E-state index in [-0.39, 0.29) is 0 Å². The minimum Gasteiger partial charge on any atom is -0.352 e. The van der Waals surface area contributed by atoms with Crippen LogP contribution in [0.4, 0.5) is 11.6 Å². The van der Waals surface area contributed by atoms with Crippen LogP contribution < -0.4 is 9.80 Å². The van der Waals surface area contributed by atoms with Crippen LogP contribution >= 0.6 is 11.3 Å². The van der Waals surface area contributed by atoms with E-state index < -0.39 is 0 Å². The smallest absolute Gasteiger partial charge is 0.146 e. The average molecular weight is 336 g/mol. The molecule has 6 nitrogen and oxygen atoms in total. The van der Waals surface area contributed by atoms with Crippen molar-refractivity contribution < 1.29 is 0 Å². The molecule has 0 spiro atoms. The fourth-order valence-electron chi connectivity index (χ4n) is 3.08. The van der Waals surface area contributed by atoms with Crippen molar-refractivity contribution in [2.75, 3.05) is 36.0 Å². The Kier molecular flexibility index (Phi) is 3.75. The van der Waals surface area contributed by atoms with E-state index in [1.54, 1.807) is 29.9 Å². The lowest BCUT2D eigenvalue weighted by Gasteiger charge is -2.36. The van der Waals surface area contributed by atoms with Crippen LogP contribution in [-0.4, -0.2) is 41.1 Å². The first-order valence-corrected chi connectivity index (χ1v) is 8.64. The van der Waals surface area contributed by atoms with Crippen LogP contribution in [0.25, 0.3) is 10.2 Å². The predicted octanol–water partition coefficient (Wildman–Crippen LogP) is 2.59. The lowest BCUT2D eigenvalue weighted by molar-refractivity contribution is 0.642. The van der Waals surface area contributed by atoms with Crippen molar-refractivity contribution in [3.63, 3.8) is 0 Å². The minimum atomic E-state index is 0.629. The van der Waals surface area contributed by atoms with E-state index >= 15 is 0 Å². The summed E-state index contributed by atoms with van der Waals surface area (Å²) in [6, 6.07) is 8.00. The molecule has 7 heteroatoms. The summed E-state index contributed by atoms with van der Waals surface area (Å²) in [5.41, 5.74) is 0.629. The average Bonchev–Trinajstić information content (AvgIpc) is 3.02. The van der Waals surface area contributed by atoms with E-state index in [0.717, 1.165) is 48.0 Å². The van der Waals surface area contributed by atoms with Crippen LogP contribution in [0.1, 0.15) is 10.4 Å². The molecule has 0 amide bonds. The lowest BCUT2D eigenvalue weighted by Crippen LogP contribution is -2.47. The highest BCUT2D eigenvalue weighted by Crippen LogP contribution is 2.30.